The fourth-order valence-electron chi connectivity index (χ4n) is 3.18. The number of hydrogen-bond acceptors (Lipinski definition) is 4. The maximum atomic E-state index is 13.5. The minimum Gasteiger partial charge on any atom is -0.329 e. The second-order valence-electron chi connectivity index (χ2n) is 6.46. The van der Waals surface area contributed by atoms with Crippen LogP contribution in [0.1, 0.15) is 40.3 Å². The van der Waals surface area contributed by atoms with Gasteiger partial charge in [0.05, 0.1) is 6.04 Å². The molecule has 0 radical (unpaired) electrons. The van der Waals surface area contributed by atoms with Gasteiger partial charge in [-0.1, -0.05) is 29.4 Å². The number of fused-ring (bicyclic) bond motifs is 1. The standard InChI is InChI=1S/C19H13F4N3O2/c1-10(11-3-2-4-14(20)7-11)26-9-13-6-5-12(8-15(13)17(26)27)16-24-18(28-25-16)19(21,22)23/h2-8,10H,9H2,1H3/t10-/m0/s1. The van der Waals surface area contributed by atoms with Gasteiger partial charge in [-0.15, -0.1) is 0 Å². The molecule has 4 rings (SSSR count). The summed E-state index contributed by atoms with van der Waals surface area (Å²) in [6.45, 7) is 2.10. The highest BCUT2D eigenvalue weighted by Gasteiger charge is 2.39. The second kappa shape index (κ2) is 6.43. The van der Waals surface area contributed by atoms with E-state index in [2.05, 4.69) is 14.7 Å². The van der Waals surface area contributed by atoms with Gasteiger partial charge in [-0.2, -0.15) is 18.2 Å². The monoisotopic (exact) mass is 391 g/mol. The lowest BCUT2D eigenvalue weighted by Crippen LogP contribution is -2.27. The van der Waals surface area contributed by atoms with Crippen molar-refractivity contribution in [1.29, 1.82) is 0 Å². The third kappa shape index (κ3) is 3.12. The Morgan fingerprint density at radius 1 is 1.18 bits per heavy atom. The normalized spacial score (nSPS) is 15.0. The lowest BCUT2D eigenvalue weighted by molar-refractivity contribution is -0.159. The highest BCUT2D eigenvalue weighted by Crippen LogP contribution is 2.34. The molecule has 2 aromatic carbocycles. The number of benzene rings is 2. The molecule has 1 amide bonds. The molecule has 0 fully saturated rings. The van der Waals surface area contributed by atoms with E-state index in [1.165, 1.54) is 24.3 Å². The molecule has 1 aromatic heterocycles. The lowest BCUT2D eigenvalue weighted by Gasteiger charge is -2.24. The van der Waals surface area contributed by atoms with Crippen LogP contribution in [0.2, 0.25) is 0 Å². The summed E-state index contributed by atoms with van der Waals surface area (Å²) in [5, 5.41) is 3.34. The summed E-state index contributed by atoms with van der Waals surface area (Å²) in [4.78, 5) is 17.7. The van der Waals surface area contributed by atoms with Crippen molar-refractivity contribution in [2.45, 2.75) is 25.7 Å². The number of rotatable bonds is 3. The topological polar surface area (TPSA) is 59.2 Å². The van der Waals surface area contributed by atoms with Crippen LogP contribution in [0.3, 0.4) is 0 Å². The van der Waals surface area contributed by atoms with E-state index in [1.807, 2.05) is 0 Å². The average molecular weight is 391 g/mol. The van der Waals surface area contributed by atoms with Crippen LogP contribution in [0.25, 0.3) is 11.4 Å². The minimum atomic E-state index is -4.74. The summed E-state index contributed by atoms with van der Waals surface area (Å²) in [5.41, 5.74) is 1.96. The molecule has 0 saturated heterocycles. The predicted molar refractivity (Wildman–Crippen MR) is 89.4 cm³/mol. The van der Waals surface area contributed by atoms with Gasteiger partial charge < -0.3 is 9.42 Å². The number of aromatic nitrogens is 2. The van der Waals surface area contributed by atoms with Crippen LogP contribution in [0, 0.1) is 5.82 Å². The number of hydrogen-bond donors (Lipinski definition) is 0. The molecule has 9 heteroatoms. The quantitative estimate of drug-likeness (QED) is 0.612. The van der Waals surface area contributed by atoms with E-state index in [4.69, 9.17) is 0 Å². The third-order valence-corrected chi connectivity index (χ3v) is 4.67. The van der Waals surface area contributed by atoms with E-state index in [0.717, 1.165) is 5.56 Å². The molecule has 28 heavy (non-hydrogen) atoms. The van der Waals surface area contributed by atoms with Crippen LogP contribution in [-0.2, 0) is 12.7 Å². The number of amides is 1. The molecule has 3 aromatic rings. The molecule has 0 N–H and O–H groups in total. The van der Waals surface area contributed by atoms with Gasteiger partial charge in [-0.25, -0.2) is 4.39 Å². The molecule has 2 heterocycles. The zero-order chi connectivity index (χ0) is 20.1. The highest BCUT2D eigenvalue weighted by atomic mass is 19.4. The third-order valence-electron chi connectivity index (χ3n) is 4.67. The molecular formula is C19H13F4N3O2. The zero-order valence-corrected chi connectivity index (χ0v) is 14.5. The van der Waals surface area contributed by atoms with Crippen molar-refractivity contribution in [3.63, 3.8) is 0 Å². The molecule has 5 nitrogen and oxygen atoms in total. The Bertz CT molecular complexity index is 1060. The lowest BCUT2D eigenvalue weighted by atomic mass is 10.1. The highest BCUT2D eigenvalue weighted by molar-refractivity contribution is 5.99. The molecule has 0 aliphatic carbocycles. The Kier molecular flexibility index (Phi) is 4.17. The minimum absolute atomic E-state index is 0.242. The first-order valence-electron chi connectivity index (χ1n) is 8.34. The molecule has 144 valence electrons. The van der Waals surface area contributed by atoms with Gasteiger partial charge >= 0.3 is 12.1 Å². The van der Waals surface area contributed by atoms with Gasteiger partial charge in [0, 0.05) is 17.7 Å². The molecule has 1 atom stereocenters. The van der Waals surface area contributed by atoms with E-state index in [9.17, 15) is 22.4 Å². The summed E-state index contributed by atoms with van der Waals surface area (Å²) in [7, 11) is 0. The fourth-order valence-corrected chi connectivity index (χ4v) is 3.18. The fraction of sp³-hybridized carbons (Fsp3) is 0.211. The van der Waals surface area contributed by atoms with Gasteiger partial charge in [-0.05, 0) is 36.2 Å². The van der Waals surface area contributed by atoms with Gasteiger partial charge in [0.25, 0.3) is 5.91 Å². The first-order chi connectivity index (χ1) is 13.2. The Hall–Kier alpha value is -3.23. The van der Waals surface area contributed by atoms with Crippen molar-refractivity contribution in [2.75, 3.05) is 0 Å². The second-order valence-corrected chi connectivity index (χ2v) is 6.46. The molecule has 1 aliphatic rings. The summed E-state index contributed by atoms with van der Waals surface area (Å²) in [6.07, 6.45) is -4.74. The van der Waals surface area contributed by atoms with Gasteiger partial charge in [-0.3, -0.25) is 4.79 Å². The predicted octanol–water partition coefficient (Wildman–Crippen LogP) is 4.61. The van der Waals surface area contributed by atoms with Crippen LogP contribution in [0.5, 0.6) is 0 Å². The first kappa shape index (κ1) is 18.1. The summed E-state index contributed by atoms with van der Waals surface area (Å²) < 4.78 is 55.7. The SMILES string of the molecule is C[C@@H](c1cccc(F)c1)N1Cc2ccc(-c3noc(C(F)(F)F)n3)cc2C1=O. The summed E-state index contributed by atoms with van der Waals surface area (Å²) >= 11 is 0. The van der Waals surface area contributed by atoms with Crippen molar-refractivity contribution in [1.82, 2.24) is 15.0 Å². The Morgan fingerprint density at radius 2 is 1.96 bits per heavy atom. The maximum absolute atomic E-state index is 13.5. The van der Waals surface area contributed by atoms with E-state index in [-0.39, 0.29) is 23.3 Å². The van der Waals surface area contributed by atoms with Gasteiger partial charge in [0.2, 0.25) is 5.82 Å². The van der Waals surface area contributed by atoms with E-state index < -0.39 is 17.9 Å². The maximum Gasteiger partial charge on any atom is 0.471 e. The van der Waals surface area contributed by atoms with Crippen molar-refractivity contribution in [3.05, 3.63) is 70.9 Å². The van der Waals surface area contributed by atoms with E-state index in [1.54, 1.807) is 30.0 Å². The Morgan fingerprint density at radius 3 is 2.64 bits per heavy atom. The van der Waals surface area contributed by atoms with Crippen molar-refractivity contribution < 1.29 is 26.9 Å². The van der Waals surface area contributed by atoms with Crippen LogP contribution in [0.15, 0.2) is 47.0 Å². The van der Waals surface area contributed by atoms with Crippen LogP contribution in [-0.4, -0.2) is 20.9 Å². The molecule has 0 bridgehead atoms. The Labute approximate surface area is 156 Å². The zero-order valence-electron chi connectivity index (χ0n) is 14.5. The van der Waals surface area contributed by atoms with Gasteiger partial charge in [0.15, 0.2) is 0 Å². The van der Waals surface area contributed by atoms with Crippen LogP contribution < -0.4 is 0 Å². The number of alkyl halides is 3. The molecule has 0 saturated carbocycles. The molecule has 0 spiro atoms. The largest absolute Gasteiger partial charge is 0.471 e. The smallest absolute Gasteiger partial charge is 0.329 e. The van der Waals surface area contributed by atoms with E-state index in [0.29, 0.717) is 17.7 Å². The number of halogens is 4. The molecule has 1 aliphatic heterocycles. The number of carbonyl (C=O) groups excluding carboxylic acids is 1. The summed E-state index contributed by atoms with van der Waals surface area (Å²) in [5.74, 6) is -2.39. The molecule has 0 unspecified atom stereocenters. The average Bonchev–Trinajstić information content (AvgIpc) is 3.26. The van der Waals surface area contributed by atoms with Crippen LogP contribution in [0.4, 0.5) is 17.6 Å². The number of nitrogens with zero attached hydrogens (tertiary/aromatic N) is 3. The summed E-state index contributed by atoms with van der Waals surface area (Å²) in [6, 6.07) is 10.2. The Balaban J connectivity index is 1.62. The van der Waals surface area contributed by atoms with Gasteiger partial charge in [0.1, 0.15) is 5.82 Å². The van der Waals surface area contributed by atoms with E-state index >= 15 is 0 Å². The first-order valence-corrected chi connectivity index (χ1v) is 8.34. The molecular weight excluding hydrogens is 378 g/mol. The number of carbonyl (C=O) groups is 1. The van der Waals surface area contributed by atoms with Crippen molar-refractivity contribution in [2.24, 2.45) is 0 Å². The van der Waals surface area contributed by atoms with Crippen molar-refractivity contribution in [3.8, 4) is 11.4 Å². The van der Waals surface area contributed by atoms with Crippen LogP contribution >= 0.6 is 0 Å². The van der Waals surface area contributed by atoms with Crippen molar-refractivity contribution >= 4 is 5.91 Å².